The molecule has 1 saturated carbocycles. The van der Waals surface area contributed by atoms with Crippen molar-refractivity contribution >= 4 is 11.7 Å². The van der Waals surface area contributed by atoms with Crippen LogP contribution >= 0.6 is 0 Å². The number of anilines is 1. The Balaban J connectivity index is 1.81. The number of methoxy groups -OCH3 is 1. The van der Waals surface area contributed by atoms with E-state index in [2.05, 4.69) is 20.8 Å². The van der Waals surface area contributed by atoms with Gasteiger partial charge in [-0.1, -0.05) is 49.6 Å². The summed E-state index contributed by atoms with van der Waals surface area (Å²) in [7, 11) is 1.37. The molecule has 2 aromatic carbocycles. The lowest BCUT2D eigenvalue weighted by Crippen LogP contribution is -2.40. The van der Waals surface area contributed by atoms with Crippen molar-refractivity contribution in [2.45, 2.75) is 37.6 Å². The number of hydrogen-bond acceptors (Lipinski definition) is 6. The first-order valence-corrected chi connectivity index (χ1v) is 9.53. The molecule has 7 nitrogen and oxygen atoms in total. The Bertz CT molecular complexity index is 948. The molecule has 0 spiro atoms. The maximum absolute atomic E-state index is 12.3. The van der Waals surface area contributed by atoms with Crippen LogP contribution in [-0.4, -0.2) is 33.3 Å². The van der Waals surface area contributed by atoms with E-state index in [4.69, 9.17) is 4.74 Å². The van der Waals surface area contributed by atoms with Crippen LogP contribution in [0.15, 0.2) is 54.6 Å². The van der Waals surface area contributed by atoms with Gasteiger partial charge in [0.05, 0.1) is 23.9 Å². The Labute approximate surface area is 163 Å². The zero-order chi connectivity index (χ0) is 19.4. The molecule has 1 N–H and O–H groups in total. The SMILES string of the molecule is COC(=O)c1ccccc1-n1nnnc1C1(Nc2ccccc2)CCCCC1. The van der Waals surface area contributed by atoms with Gasteiger partial charge in [-0.25, -0.2) is 4.79 Å². The number of nitrogens with one attached hydrogen (secondary N) is 1. The van der Waals surface area contributed by atoms with Gasteiger partial charge in [-0.15, -0.1) is 5.10 Å². The topological polar surface area (TPSA) is 81.9 Å². The Kier molecular flexibility index (Phi) is 5.06. The third kappa shape index (κ3) is 3.35. The highest BCUT2D eigenvalue weighted by atomic mass is 16.5. The third-order valence-electron chi connectivity index (χ3n) is 5.30. The fourth-order valence-corrected chi connectivity index (χ4v) is 3.95. The van der Waals surface area contributed by atoms with E-state index >= 15 is 0 Å². The molecule has 28 heavy (non-hydrogen) atoms. The second kappa shape index (κ2) is 7.80. The quantitative estimate of drug-likeness (QED) is 0.683. The van der Waals surface area contributed by atoms with Crippen LogP contribution in [0.25, 0.3) is 5.69 Å². The number of rotatable bonds is 5. The van der Waals surface area contributed by atoms with Gasteiger partial charge in [0.25, 0.3) is 0 Å². The van der Waals surface area contributed by atoms with Gasteiger partial charge in [0, 0.05) is 5.69 Å². The Morgan fingerprint density at radius 2 is 1.75 bits per heavy atom. The van der Waals surface area contributed by atoms with Crippen LogP contribution in [0.1, 0.15) is 48.3 Å². The number of aromatic nitrogens is 4. The smallest absolute Gasteiger partial charge is 0.340 e. The first-order chi connectivity index (χ1) is 13.7. The van der Waals surface area contributed by atoms with Crippen molar-refractivity contribution in [2.24, 2.45) is 0 Å². The minimum absolute atomic E-state index is 0.396. The maximum Gasteiger partial charge on any atom is 0.340 e. The summed E-state index contributed by atoms with van der Waals surface area (Å²) in [6.45, 7) is 0. The van der Waals surface area contributed by atoms with Gasteiger partial charge in [-0.05, 0) is 47.5 Å². The van der Waals surface area contributed by atoms with Crippen molar-refractivity contribution in [2.75, 3.05) is 12.4 Å². The van der Waals surface area contributed by atoms with E-state index in [-0.39, 0.29) is 0 Å². The summed E-state index contributed by atoms with van der Waals surface area (Å²) < 4.78 is 6.62. The number of esters is 1. The average molecular weight is 377 g/mol. The summed E-state index contributed by atoms with van der Waals surface area (Å²) in [6, 6.07) is 17.3. The number of ether oxygens (including phenoxy) is 1. The standard InChI is InChI=1S/C21H23N5O2/c1-28-19(27)17-12-6-7-13-18(17)26-20(23-24-25-26)21(14-8-3-9-15-21)22-16-10-4-2-5-11-16/h2,4-7,10-13,22H,3,8-9,14-15H2,1H3. The molecule has 7 heteroatoms. The van der Waals surface area contributed by atoms with E-state index in [1.54, 1.807) is 16.8 Å². The number of carbonyl (C=O) groups is 1. The van der Waals surface area contributed by atoms with Gasteiger partial charge in [0.1, 0.15) is 0 Å². The molecule has 1 aromatic heterocycles. The number of nitrogens with zero attached hydrogens (tertiary/aromatic N) is 4. The summed E-state index contributed by atoms with van der Waals surface area (Å²) >= 11 is 0. The van der Waals surface area contributed by atoms with Gasteiger partial charge < -0.3 is 10.1 Å². The zero-order valence-corrected chi connectivity index (χ0v) is 15.8. The molecule has 1 aliphatic rings. The van der Waals surface area contributed by atoms with Crippen molar-refractivity contribution in [3.05, 3.63) is 66.0 Å². The molecule has 0 amide bonds. The summed E-state index contributed by atoms with van der Waals surface area (Å²) in [6.07, 6.45) is 5.21. The summed E-state index contributed by atoms with van der Waals surface area (Å²) in [5.74, 6) is 0.304. The van der Waals surface area contributed by atoms with Crippen molar-refractivity contribution < 1.29 is 9.53 Å². The second-order valence-electron chi connectivity index (χ2n) is 7.06. The highest BCUT2D eigenvalue weighted by molar-refractivity contribution is 5.93. The Morgan fingerprint density at radius 3 is 2.50 bits per heavy atom. The number of tetrazole rings is 1. The van der Waals surface area contributed by atoms with Crippen LogP contribution in [0.5, 0.6) is 0 Å². The van der Waals surface area contributed by atoms with Gasteiger partial charge in [-0.3, -0.25) is 0 Å². The van der Waals surface area contributed by atoms with Crippen LogP contribution in [0, 0.1) is 0 Å². The van der Waals surface area contributed by atoms with E-state index in [0.717, 1.165) is 31.4 Å². The maximum atomic E-state index is 12.3. The molecule has 3 aromatic rings. The number of carbonyl (C=O) groups excluding carboxylic acids is 1. The Hall–Kier alpha value is -3.22. The van der Waals surface area contributed by atoms with Gasteiger partial charge >= 0.3 is 5.97 Å². The normalized spacial score (nSPS) is 15.8. The van der Waals surface area contributed by atoms with E-state index in [9.17, 15) is 4.79 Å². The molecule has 0 bridgehead atoms. The Morgan fingerprint density at radius 1 is 1.04 bits per heavy atom. The predicted octanol–water partition coefficient (Wildman–Crippen LogP) is 3.72. The lowest BCUT2D eigenvalue weighted by Gasteiger charge is -2.37. The molecular weight excluding hydrogens is 354 g/mol. The second-order valence-corrected chi connectivity index (χ2v) is 7.06. The first-order valence-electron chi connectivity index (χ1n) is 9.53. The largest absolute Gasteiger partial charge is 0.465 e. The van der Waals surface area contributed by atoms with Gasteiger partial charge in [0.2, 0.25) is 0 Å². The molecule has 144 valence electrons. The van der Waals surface area contributed by atoms with Crippen molar-refractivity contribution in [3.63, 3.8) is 0 Å². The summed E-state index contributed by atoms with van der Waals surface area (Å²) in [4.78, 5) is 12.3. The molecule has 0 saturated heterocycles. The van der Waals surface area contributed by atoms with Crippen molar-refractivity contribution in [1.29, 1.82) is 0 Å². The molecule has 4 rings (SSSR count). The fourth-order valence-electron chi connectivity index (χ4n) is 3.95. The van der Waals surface area contributed by atoms with Crippen molar-refractivity contribution in [3.8, 4) is 5.69 Å². The number of hydrogen-bond donors (Lipinski definition) is 1. The molecule has 1 fully saturated rings. The minimum Gasteiger partial charge on any atom is -0.465 e. The number of para-hydroxylation sites is 2. The third-order valence-corrected chi connectivity index (χ3v) is 5.30. The highest BCUT2D eigenvalue weighted by Gasteiger charge is 2.39. The van der Waals surface area contributed by atoms with Crippen LogP contribution in [-0.2, 0) is 10.3 Å². The van der Waals surface area contributed by atoms with E-state index in [1.807, 2.05) is 42.5 Å². The summed E-state index contributed by atoms with van der Waals surface area (Å²) in [5, 5.41) is 16.3. The first kappa shape index (κ1) is 18.2. The van der Waals surface area contributed by atoms with Gasteiger partial charge in [0.15, 0.2) is 5.82 Å². The van der Waals surface area contributed by atoms with Crippen LogP contribution in [0.3, 0.4) is 0 Å². The molecule has 0 unspecified atom stereocenters. The van der Waals surface area contributed by atoms with E-state index in [0.29, 0.717) is 17.1 Å². The highest BCUT2D eigenvalue weighted by Crippen LogP contribution is 2.39. The van der Waals surface area contributed by atoms with Crippen molar-refractivity contribution in [1.82, 2.24) is 20.2 Å². The molecule has 1 heterocycles. The molecule has 0 atom stereocenters. The monoisotopic (exact) mass is 377 g/mol. The molecule has 0 radical (unpaired) electrons. The fraction of sp³-hybridized carbons (Fsp3) is 0.333. The predicted molar refractivity (Wildman–Crippen MR) is 105 cm³/mol. The lowest BCUT2D eigenvalue weighted by atomic mass is 9.80. The van der Waals surface area contributed by atoms with Crippen LogP contribution < -0.4 is 5.32 Å². The molecular formula is C21H23N5O2. The average Bonchev–Trinajstić information content (AvgIpc) is 3.25. The molecule has 1 aliphatic carbocycles. The lowest BCUT2D eigenvalue weighted by molar-refractivity contribution is 0.0600. The van der Waals surface area contributed by atoms with Gasteiger partial charge in [-0.2, -0.15) is 4.68 Å². The van der Waals surface area contributed by atoms with Crippen LogP contribution in [0.2, 0.25) is 0 Å². The number of benzene rings is 2. The van der Waals surface area contributed by atoms with E-state index in [1.165, 1.54) is 13.5 Å². The van der Waals surface area contributed by atoms with E-state index < -0.39 is 11.5 Å². The summed E-state index contributed by atoms with van der Waals surface area (Å²) in [5.41, 5.74) is 1.69. The minimum atomic E-state index is -0.411. The zero-order valence-electron chi connectivity index (χ0n) is 15.8. The van der Waals surface area contributed by atoms with Crippen LogP contribution in [0.4, 0.5) is 5.69 Å². The molecule has 0 aliphatic heterocycles.